The lowest BCUT2D eigenvalue weighted by Crippen LogP contribution is -2.54. The summed E-state index contributed by atoms with van der Waals surface area (Å²) >= 11 is 0. The smallest absolute Gasteiger partial charge is 0.224 e. The number of rotatable bonds is 10. The minimum absolute atomic E-state index is 0.0484. The lowest BCUT2D eigenvalue weighted by Gasteiger charge is -2.40. The monoisotopic (exact) mass is 497 g/mol. The van der Waals surface area contributed by atoms with E-state index in [9.17, 15) is 9.90 Å². The molecular formula is C28H39N3O5. The lowest BCUT2D eigenvalue weighted by atomic mass is 9.74. The first-order valence-corrected chi connectivity index (χ1v) is 12.8. The summed E-state index contributed by atoms with van der Waals surface area (Å²) in [5.41, 5.74) is 2.25. The standard InChI is InChI=1S/C28H39N3O5/c1-6-28(4)19-31(26(32)11-14-35-27(2,3)33)18-23(28)20-7-8-24(34-5)25(15-20)36-22-16-30(17-22)21-9-12-29-13-10-21/h7-10,12-13,15,22-23,33H,6,11,14,16-19H2,1-5H3. The van der Waals surface area contributed by atoms with Gasteiger partial charge in [0.2, 0.25) is 5.91 Å². The Morgan fingerprint density at radius 2 is 1.89 bits per heavy atom. The van der Waals surface area contributed by atoms with Crippen LogP contribution in [0.3, 0.4) is 0 Å². The third-order valence-electron chi connectivity index (χ3n) is 7.49. The van der Waals surface area contributed by atoms with E-state index in [0.29, 0.717) is 18.8 Å². The number of aliphatic hydroxyl groups is 1. The number of likely N-dealkylation sites (tertiary alicyclic amines) is 1. The molecule has 8 nitrogen and oxygen atoms in total. The van der Waals surface area contributed by atoms with E-state index in [1.165, 1.54) is 0 Å². The van der Waals surface area contributed by atoms with E-state index in [4.69, 9.17) is 14.2 Å². The minimum Gasteiger partial charge on any atom is -0.493 e. The summed E-state index contributed by atoms with van der Waals surface area (Å²) in [5.74, 6) is 0.466. The number of methoxy groups -OCH3 is 1. The summed E-state index contributed by atoms with van der Waals surface area (Å²) in [6, 6.07) is 10.2. The fourth-order valence-corrected chi connectivity index (χ4v) is 5.11. The van der Waals surface area contributed by atoms with Crippen molar-refractivity contribution in [1.29, 1.82) is 0 Å². The summed E-state index contributed by atoms with van der Waals surface area (Å²) in [6.07, 6.45) is 4.89. The molecule has 2 aromatic rings. The molecule has 8 heteroatoms. The van der Waals surface area contributed by atoms with Crippen molar-refractivity contribution in [3.63, 3.8) is 0 Å². The molecule has 36 heavy (non-hydrogen) atoms. The minimum atomic E-state index is -1.24. The van der Waals surface area contributed by atoms with E-state index in [-0.39, 0.29) is 36.4 Å². The second-order valence-electron chi connectivity index (χ2n) is 10.6. The van der Waals surface area contributed by atoms with Crippen molar-refractivity contribution in [2.45, 2.75) is 58.3 Å². The zero-order chi connectivity index (χ0) is 25.9. The molecule has 2 aliphatic rings. The van der Waals surface area contributed by atoms with Crippen molar-refractivity contribution in [2.75, 3.05) is 44.8 Å². The summed E-state index contributed by atoms with van der Waals surface area (Å²) in [6.45, 7) is 10.7. The van der Waals surface area contributed by atoms with Gasteiger partial charge in [-0.25, -0.2) is 0 Å². The molecule has 2 unspecified atom stereocenters. The molecule has 2 fully saturated rings. The first kappa shape index (κ1) is 26.2. The van der Waals surface area contributed by atoms with Crippen LogP contribution >= 0.6 is 0 Å². The number of hydrogen-bond donors (Lipinski definition) is 1. The highest BCUT2D eigenvalue weighted by Gasteiger charge is 2.44. The fourth-order valence-electron chi connectivity index (χ4n) is 5.11. The molecule has 2 atom stereocenters. The van der Waals surface area contributed by atoms with Gasteiger partial charge in [-0.1, -0.05) is 19.9 Å². The Morgan fingerprint density at radius 1 is 1.17 bits per heavy atom. The van der Waals surface area contributed by atoms with E-state index in [1.807, 2.05) is 23.1 Å². The predicted octanol–water partition coefficient (Wildman–Crippen LogP) is 3.84. The Hall–Kier alpha value is -2.84. The van der Waals surface area contributed by atoms with Crippen LogP contribution in [0.2, 0.25) is 0 Å². The van der Waals surface area contributed by atoms with Gasteiger partial charge in [0.15, 0.2) is 17.3 Å². The van der Waals surface area contributed by atoms with Crippen LogP contribution in [-0.4, -0.2) is 72.7 Å². The number of benzene rings is 1. The average molecular weight is 498 g/mol. The Labute approximate surface area is 214 Å². The molecule has 196 valence electrons. The molecule has 1 N–H and O–H groups in total. The maximum absolute atomic E-state index is 12.9. The Morgan fingerprint density at radius 3 is 2.53 bits per heavy atom. The SMILES string of the molecule is CCC1(C)CN(C(=O)CCOC(C)(C)O)CC1c1ccc(OC)c(OC2CN(c3ccncc3)C2)c1. The zero-order valence-corrected chi connectivity index (χ0v) is 22.1. The van der Waals surface area contributed by atoms with Crippen molar-refractivity contribution in [2.24, 2.45) is 5.41 Å². The number of aromatic nitrogens is 1. The highest BCUT2D eigenvalue weighted by Crippen LogP contribution is 2.47. The van der Waals surface area contributed by atoms with Gasteiger partial charge < -0.3 is 29.1 Å². The number of pyridine rings is 1. The molecule has 1 aromatic carbocycles. The number of amides is 1. The van der Waals surface area contributed by atoms with Crippen LogP contribution in [0.4, 0.5) is 5.69 Å². The number of ether oxygens (including phenoxy) is 3. The largest absolute Gasteiger partial charge is 0.493 e. The van der Waals surface area contributed by atoms with Gasteiger partial charge in [-0.3, -0.25) is 9.78 Å². The molecule has 2 aliphatic heterocycles. The quantitative estimate of drug-likeness (QED) is 0.500. The molecule has 1 aromatic heterocycles. The van der Waals surface area contributed by atoms with Gasteiger partial charge >= 0.3 is 0 Å². The third-order valence-corrected chi connectivity index (χ3v) is 7.49. The second-order valence-corrected chi connectivity index (χ2v) is 10.6. The van der Waals surface area contributed by atoms with Crippen molar-refractivity contribution in [3.8, 4) is 11.5 Å². The summed E-state index contributed by atoms with van der Waals surface area (Å²) < 4.78 is 17.3. The molecule has 2 saturated heterocycles. The highest BCUT2D eigenvalue weighted by molar-refractivity contribution is 5.77. The summed E-state index contributed by atoms with van der Waals surface area (Å²) in [5, 5.41) is 9.76. The third kappa shape index (κ3) is 5.93. The van der Waals surface area contributed by atoms with Crippen molar-refractivity contribution in [3.05, 3.63) is 48.3 Å². The lowest BCUT2D eigenvalue weighted by molar-refractivity contribution is -0.178. The molecule has 1 amide bonds. The highest BCUT2D eigenvalue weighted by atomic mass is 16.6. The van der Waals surface area contributed by atoms with E-state index in [1.54, 1.807) is 33.4 Å². The molecule has 0 bridgehead atoms. The molecule has 3 heterocycles. The second kappa shape index (κ2) is 10.6. The predicted molar refractivity (Wildman–Crippen MR) is 138 cm³/mol. The van der Waals surface area contributed by atoms with Gasteiger partial charge in [0.05, 0.1) is 33.2 Å². The maximum Gasteiger partial charge on any atom is 0.224 e. The van der Waals surface area contributed by atoms with Crippen LogP contribution in [0.5, 0.6) is 11.5 Å². The van der Waals surface area contributed by atoms with Crippen LogP contribution in [0, 0.1) is 5.41 Å². The average Bonchev–Trinajstić information content (AvgIpc) is 3.19. The number of hydrogen-bond acceptors (Lipinski definition) is 7. The number of carbonyl (C=O) groups excluding carboxylic acids is 1. The van der Waals surface area contributed by atoms with Gasteiger partial charge in [-0.2, -0.15) is 0 Å². The first-order chi connectivity index (χ1) is 17.1. The normalized spacial score (nSPS) is 22.4. The van der Waals surface area contributed by atoms with Crippen LogP contribution in [0.1, 0.15) is 52.0 Å². The van der Waals surface area contributed by atoms with Gasteiger partial charge in [-0.15, -0.1) is 0 Å². The molecular weight excluding hydrogens is 458 g/mol. The molecule has 0 saturated carbocycles. The van der Waals surface area contributed by atoms with Crippen molar-refractivity contribution in [1.82, 2.24) is 9.88 Å². The van der Waals surface area contributed by atoms with Gasteiger partial charge in [-0.05, 0) is 55.5 Å². The van der Waals surface area contributed by atoms with Crippen LogP contribution in [-0.2, 0) is 9.53 Å². The number of carbonyl (C=O) groups is 1. The zero-order valence-electron chi connectivity index (χ0n) is 22.1. The van der Waals surface area contributed by atoms with E-state index in [0.717, 1.165) is 36.5 Å². The van der Waals surface area contributed by atoms with Crippen molar-refractivity contribution < 1.29 is 24.1 Å². The van der Waals surface area contributed by atoms with Crippen LogP contribution in [0.25, 0.3) is 0 Å². The molecule has 0 aliphatic carbocycles. The topological polar surface area (TPSA) is 84.4 Å². The van der Waals surface area contributed by atoms with E-state index in [2.05, 4.69) is 35.9 Å². The van der Waals surface area contributed by atoms with Gasteiger partial charge in [0.1, 0.15) is 6.10 Å². The van der Waals surface area contributed by atoms with Crippen LogP contribution < -0.4 is 14.4 Å². The maximum atomic E-state index is 12.9. The summed E-state index contributed by atoms with van der Waals surface area (Å²) in [7, 11) is 1.66. The fraction of sp³-hybridized carbons (Fsp3) is 0.571. The number of anilines is 1. The van der Waals surface area contributed by atoms with Gasteiger partial charge in [0.25, 0.3) is 0 Å². The van der Waals surface area contributed by atoms with Crippen LogP contribution in [0.15, 0.2) is 42.7 Å². The summed E-state index contributed by atoms with van der Waals surface area (Å²) in [4.78, 5) is 21.2. The number of nitrogens with zero attached hydrogens (tertiary/aromatic N) is 3. The van der Waals surface area contributed by atoms with E-state index < -0.39 is 5.79 Å². The molecule has 0 spiro atoms. The van der Waals surface area contributed by atoms with Gasteiger partial charge in [0, 0.05) is 37.1 Å². The van der Waals surface area contributed by atoms with E-state index >= 15 is 0 Å². The molecule has 0 radical (unpaired) electrons. The molecule has 4 rings (SSSR count). The Kier molecular flexibility index (Phi) is 7.76. The Balaban J connectivity index is 1.44. The Bertz CT molecular complexity index is 1040. The van der Waals surface area contributed by atoms with Crippen molar-refractivity contribution >= 4 is 11.6 Å². The first-order valence-electron chi connectivity index (χ1n) is 12.8.